The number of aromatic nitrogens is 2. The lowest BCUT2D eigenvalue weighted by Gasteiger charge is -2.18. The molecule has 0 fully saturated rings. The Balaban J connectivity index is 1.83. The molecular formula is C26H29F3N4O2. The number of amides is 2. The van der Waals surface area contributed by atoms with Crippen molar-refractivity contribution < 1.29 is 22.8 Å². The number of carbonyl (C=O) groups is 2. The third-order valence-electron chi connectivity index (χ3n) is 5.49. The molecule has 0 bridgehead atoms. The van der Waals surface area contributed by atoms with E-state index in [1.54, 1.807) is 10.7 Å². The average Bonchev–Trinajstić information content (AvgIpc) is 3.16. The topological polar surface area (TPSA) is 67.2 Å². The SMILES string of the molecule is Cc1ccc(-n2nc(C(C)(C)C)cc2NC(=O)CN(C)C(=O)c2cccc(C(F)(F)F)c2)c(C)c1. The second-order valence-electron chi connectivity index (χ2n) is 9.65. The number of carbonyl (C=O) groups excluding carboxylic acids is 2. The lowest BCUT2D eigenvalue weighted by molar-refractivity contribution is -0.137. The number of aryl methyl sites for hydroxylation is 2. The fourth-order valence-corrected chi connectivity index (χ4v) is 3.58. The number of nitrogens with one attached hydrogen (secondary N) is 1. The fourth-order valence-electron chi connectivity index (χ4n) is 3.58. The molecular weight excluding hydrogens is 457 g/mol. The van der Waals surface area contributed by atoms with Gasteiger partial charge < -0.3 is 10.2 Å². The Hall–Kier alpha value is -3.62. The summed E-state index contributed by atoms with van der Waals surface area (Å²) in [4.78, 5) is 26.6. The number of rotatable bonds is 5. The molecule has 2 amide bonds. The van der Waals surface area contributed by atoms with Crippen LogP contribution in [0.1, 0.15) is 53.5 Å². The summed E-state index contributed by atoms with van der Waals surface area (Å²) in [6.45, 7) is 9.62. The van der Waals surface area contributed by atoms with Gasteiger partial charge in [-0.2, -0.15) is 18.3 Å². The summed E-state index contributed by atoms with van der Waals surface area (Å²) in [6, 6.07) is 11.8. The Morgan fingerprint density at radius 2 is 1.71 bits per heavy atom. The van der Waals surface area contributed by atoms with E-state index in [4.69, 9.17) is 5.10 Å². The Bertz CT molecular complexity index is 1260. The van der Waals surface area contributed by atoms with Crippen molar-refractivity contribution in [1.29, 1.82) is 0 Å². The quantitative estimate of drug-likeness (QED) is 0.517. The van der Waals surface area contributed by atoms with Crippen LogP contribution in [0.3, 0.4) is 0 Å². The van der Waals surface area contributed by atoms with Gasteiger partial charge in [0.05, 0.1) is 23.5 Å². The zero-order valence-corrected chi connectivity index (χ0v) is 20.6. The molecule has 1 N–H and O–H groups in total. The van der Waals surface area contributed by atoms with E-state index in [0.29, 0.717) is 5.82 Å². The summed E-state index contributed by atoms with van der Waals surface area (Å²) in [5, 5.41) is 7.51. The molecule has 0 saturated heterocycles. The van der Waals surface area contributed by atoms with Crippen LogP contribution in [0, 0.1) is 13.8 Å². The van der Waals surface area contributed by atoms with Gasteiger partial charge in [0.2, 0.25) is 5.91 Å². The van der Waals surface area contributed by atoms with Gasteiger partial charge in [-0.25, -0.2) is 4.68 Å². The van der Waals surface area contributed by atoms with Gasteiger partial charge in [0.15, 0.2) is 0 Å². The number of hydrogen-bond acceptors (Lipinski definition) is 3. The summed E-state index contributed by atoms with van der Waals surface area (Å²) in [7, 11) is 1.37. The highest BCUT2D eigenvalue weighted by Gasteiger charge is 2.31. The van der Waals surface area contributed by atoms with Crippen LogP contribution in [0.4, 0.5) is 19.0 Å². The van der Waals surface area contributed by atoms with E-state index in [2.05, 4.69) is 5.32 Å². The summed E-state index contributed by atoms with van der Waals surface area (Å²) < 4.78 is 40.7. The molecule has 3 aromatic rings. The lowest BCUT2D eigenvalue weighted by Crippen LogP contribution is -2.35. The minimum Gasteiger partial charge on any atom is -0.332 e. The molecule has 0 aliphatic carbocycles. The third-order valence-corrected chi connectivity index (χ3v) is 5.49. The molecule has 35 heavy (non-hydrogen) atoms. The number of hydrogen-bond donors (Lipinski definition) is 1. The first-order chi connectivity index (χ1) is 16.2. The molecule has 2 aromatic carbocycles. The van der Waals surface area contributed by atoms with Crippen molar-refractivity contribution in [2.45, 2.75) is 46.2 Å². The summed E-state index contributed by atoms with van der Waals surface area (Å²) in [5.41, 5.74) is 2.28. The summed E-state index contributed by atoms with van der Waals surface area (Å²) >= 11 is 0. The maximum atomic E-state index is 13.0. The van der Waals surface area contributed by atoms with Gasteiger partial charge in [0.1, 0.15) is 5.82 Å². The number of benzene rings is 2. The molecule has 9 heteroatoms. The molecule has 0 saturated carbocycles. The molecule has 6 nitrogen and oxygen atoms in total. The minimum absolute atomic E-state index is 0.148. The van der Waals surface area contributed by atoms with E-state index in [1.165, 1.54) is 19.2 Å². The molecule has 0 spiro atoms. The van der Waals surface area contributed by atoms with Crippen molar-refractivity contribution in [3.05, 3.63) is 76.5 Å². The van der Waals surface area contributed by atoms with E-state index in [0.717, 1.165) is 39.5 Å². The van der Waals surface area contributed by atoms with Gasteiger partial charge >= 0.3 is 6.18 Å². The smallest absolute Gasteiger partial charge is 0.332 e. The molecule has 186 valence electrons. The van der Waals surface area contributed by atoms with Crippen molar-refractivity contribution in [2.75, 3.05) is 18.9 Å². The predicted octanol–water partition coefficient (Wildman–Crippen LogP) is 5.52. The van der Waals surface area contributed by atoms with Crippen LogP contribution in [0.15, 0.2) is 48.5 Å². The van der Waals surface area contributed by atoms with Crippen LogP contribution in [0.5, 0.6) is 0 Å². The second-order valence-corrected chi connectivity index (χ2v) is 9.65. The van der Waals surface area contributed by atoms with Crippen molar-refractivity contribution in [3.8, 4) is 5.69 Å². The summed E-state index contributed by atoms with van der Waals surface area (Å²) in [6.07, 6.45) is -4.57. The first kappa shape index (κ1) is 26.0. The Morgan fingerprint density at radius 1 is 1.03 bits per heavy atom. The molecule has 0 aliphatic heterocycles. The maximum Gasteiger partial charge on any atom is 0.416 e. The standard InChI is InChI=1S/C26H29F3N4O2/c1-16-10-11-20(17(2)12-16)33-22(14-21(31-33)25(3,4)5)30-23(34)15-32(6)24(35)18-8-7-9-19(13-18)26(27,28)29/h7-14H,15H2,1-6H3,(H,30,34). The molecule has 0 radical (unpaired) electrons. The van der Waals surface area contributed by atoms with Gasteiger partial charge in [-0.1, -0.05) is 44.5 Å². The van der Waals surface area contributed by atoms with Gasteiger partial charge in [-0.05, 0) is 43.7 Å². The highest BCUT2D eigenvalue weighted by molar-refractivity contribution is 5.99. The molecule has 0 atom stereocenters. The predicted molar refractivity (Wildman–Crippen MR) is 129 cm³/mol. The van der Waals surface area contributed by atoms with E-state index < -0.39 is 23.6 Å². The number of alkyl halides is 3. The highest BCUT2D eigenvalue weighted by Crippen LogP contribution is 2.30. The Labute approximate surface area is 202 Å². The number of halogens is 3. The van der Waals surface area contributed by atoms with Crippen LogP contribution in [0.25, 0.3) is 5.69 Å². The Morgan fingerprint density at radius 3 is 2.31 bits per heavy atom. The van der Waals surface area contributed by atoms with Crippen LogP contribution in [-0.2, 0) is 16.4 Å². The zero-order chi connectivity index (χ0) is 26.1. The van der Waals surface area contributed by atoms with E-state index in [-0.39, 0.29) is 17.5 Å². The normalized spacial score (nSPS) is 11.9. The van der Waals surface area contributed by atoms with Gasteiger partial charge in [-0.3, -0.25) is 9.59 Å². The second kappa shape index (κ2) is 9.56. The minimum atomic E-state index is -4.57. The maximum absolute atomic E-state index is 13.0. The van der Waals surface area contributed by atoms with Gasteiger partial charge in [0.25, 0.3) is 5.91 Å². The zero-order valence-electron chi connectivity index (χ0n) is 20.6. The number of likely N-dealkylation sites (N-methyl/N-ethyl adjacent to an activating group) is 1. The summed E-state index contributed by atoms with van der Waals surface area (Å²) in [5.74, 6) is -0.754. The van der Waals surface area contributed by atoms with E-state index in [1.807, 2.05) is 52.8 Å². The monoisotopic (exact) mass is 486 g/mol. The van der Waals surface area contributed by atoms with E-state index in [9.17, 15) is 22.8 Å². The largest absolute Gasteiger partial charge is 0.416 e. The molecule has 0 unspecified atom stereocenters. The van der Waals surface area contributed by atoms with Crippen molar-refractivity contribution in [2.24, 2.45) is 0 Å². The highest BCUT2D eigenvalue weighted by atomic mass is 19.4. The first-order valence-corrected chi connectivity index (χ1v) is 11.1. The molecule has 3 rings (SSSR count). The molecule has 1 aromatic heterocycles. The average molecular weight is 487 g/mol. The van der Waals surface area contributed by atoms with Gasteiger partial charge in [0, 0.05) is 24.1 Å². The van der Waals surface area contributed by atoms with Crippen LogP contribution in [-0.4, -0.2) is 40.1 Å². The lowest BCUT2D eigenvalue weighted by atomic mass is 9.92. The molecule has 0 aliphatic rings. The molecule has 1 heterocycles. The Kier molecular flexibility index (Phi) is 7.10. The first-order valence-electron chi connectivity index (χ1n) is 11.1. The van der Waals surface area contributed by atoms with Crippen molar-refractivity contribution in [3.63, 3.8) is 0 Å². The van der Waals surface area contributed by atoms with Crippen LogP contribution in [0.2, 0.25) is 0 Å². The van der Waals surface area contributed by atoms with Crippen molar-refractivity contribution in [1.82, 2.24) is 14.7 Å². The number of anilines is 1. The van der Waals surface area contributed by atoms with E-state index >= 15 is 0 Å². The van der Waals surface area contributed by atoms with Crippen LogP contribution < -0.4 is 5.32 Å². The fraction of sp³-hybridized carbons (Fsp3) is 0.346. The third kappa shape index (κ3) is 6.09. The van der Waals surface area contributed by atoms with Gasteiger partial charge in [-0.15, -0.1) is 0 Å². The number of nitrogens with zero attached hydrogens (tertiary/aromatic N) is 3. The van der Waals surface area contributed by atoms with Crippen molar-refractivity contribution >= 4 is 17.6 Å². The van der Waals surface area contributed by atoms with Crippen LogP contribution >= 0.6 is 0 Å².